The summed E-state index contributed by atoms with van der Waals surface area (Å²) in [6.07, 6.45) is 1.64. The summed E-state index contributed by atoms with van der Waals surface area (Å²) in [5.74, 6) is 1.12. The van der Waals surface area contributed by atoms with Gasteiger partial charge in [-0.25, -0.2) is 10.2 Å². The van der Waals surface area contributed by atoms with Gasteiger partial charge in [0.15, 0.2) is 11.2 Å². The molecule has 0 spiro atoms. The SMILES string of the molecule is COc1ccc(C=NNc2nc3c(c(=O)n(C)c(=O)n3C)n2Cc2ccccc2)cc1. The van der Waals surface area contributed by atoms with Crippen LogP contribution in [0.2, 0.25) is 0 Å². The molecule has 0 atom stereocenters. The molecule has 4 aromatic rings. The van der Waals surface area contributed by atoms with E-state index in [2.05, 4.69) is 15.5 Å². The van der Waals surface area contributed by atoms with Crippen molar-refractivity contribution in [3.05, 3.63) is 86.6 Å². The number of rotatable bonds is 6. The number of aryl methyl sites for hydroxylation is 1. The maximum absolute atomic E-state index is 12.9. The molecule has 4 rings (SSSR count). The number of benzene rings is 2. The molecule has 1 N–H and O–H groups in total. The Hall–Kier alpha value is -4.14. The molecular formula is C22H22N6O3. The van der Waals surface area contributed by atoms with E-state index < -0.39 is 11.2 Å². The van der Waals surface area contributed by atoms with Crippen molar-refractivity contribution in [3.8, 4) is 5.75 Å². The molecule has 0 saturated heterocycles. The van der Waals surface area contributed by atoms with Crippen LogP contribution < -0.4 is 21.4 Å². The number of hydrogen-bond donors (Lipinski definition) is 1. The summed E-state index contributed by atoms with van der Waals surface area (Å²) in [5, 5.41) is 4.27. The summed E-state index contributed by atoms with van der Waals surface area (Å²) in [4.78, 5) is 29.7. The van der Waals surface area contributed by atoms with E-state index in [-0.39, 0.29) is 0 Å². The van der Waals surface area contributed by atoms with Gasteiger partial charge in [0.1, 0.15) is 5.75 Å². The monoisotopic (exact) mass is 418 g/mol. The summed E-state index contributed by atoms with van der Waals surface area (Å²) < 4.78 is 9.33. The van der Waals surface area contributed by atoms with Crippen molar-refractivity contribution in [3.63, 3.8) is 0 Å². The Morgan fingerprint density at radius 2 is 1.74 bits per heavy atom. The second-order valence-corrected chi connectivity index (χ2v) is 7.03. The highest BCUT2D eigenvalue weighted by Crippen LogP contribution is 2.18. The van der Waals surface area contributed by atoms with Gasteiger partial charge in [-0.3, -0.25) is 18.5 Å². The molecule has 9 heteroatoms. The lowest BCUT2D eigenvalue weighted by Crippen LogP contribution is -2.37. The second kappa shape index (κ2) is 8.31. The van der Waals surface area contributed by atoms with Crippen LogP contribution in [-0.2, 0) is 20.6 Å². The lowest BCUT2D eigenvalue weighted by Gasteiger charge is -2.09. The first-order valence-corrected chi connectivity index (χ1v) is 9.63. The van der Waals surface area contributed by atoms with Crippen molar-refractivity contribution in [2.45, 2.75) is 6.54 Å². The van der Waals surface area contributed by atoms with Crippen LogP contribution in [0.4, 0.5) is 5.95 Å². The Balaban J connectivity index is 1.77. The Kier molecular flexibility index (Phi) is 5.40. The van der Waals surface area contributed by atoms with E-state index in [1.807, 2.05) is 54.6 Å². The number of nitrogens with one attached hydrogen (secondary N) is 1. The lowest BCUT2D eigenvalue weighted by molar-refractivity contribution is 0.415. The summed E-state index contributed by atoms with van der Waals surface area (Å²) in [7, 11) is 4.66. The van der Waals surface area contributed by atoms with Gasteiger partial charge in [-0.1, -0.05) is 30.3 Å². The summed E-state index contributed by atoms with van der Waals surface area (Å²) in [6.45, 7) is 0.394. The van der Waals surface area contributed by atoms with Crippen molar-refractivity contribution in [1.29, 1.82) is 0 Å². The van der Waals surface area contributed by atoms with Crippen molar-refractivity contribution < 1.29 is 4.74 Å². The van der Waals surface area contributed by atoms with Gasteiger partial charge in [-0.05, 0) is 35.4 Å². The van der Waals surface area contributed by atoms with Gasteiger partial charge in [0.25, 0.3) is 5.56 Å². The first-order valence-electron chi connectivity index (χ1n) is 9.63. The summed E-state index contributed by atoms with van der Waals surface area (Å²) in [5.41, 5.74) is 4.55. The molecule has 0 fully saturated rings. The third-order valence-corrected chi connectivity index (χ3v) is 5.03. The van der Waals surface area contributed by atoms with Crippen molar-refractivity contribution in [2.24, 2.45) is 19.2 Å². The zero-order chi connectivity index (χ0) is 22.0. The van der Waals surface area contributed by atoms with Gasteiger partial charge in [-0.15, -0.1) is 0 Å². The van der Waals surface area contributed by atoms with Gasteiger partial charge >= 0.3 is 5.69 Å². The number of aromatic nitrogens is 4. The van der Waals surface area contributed by atoms with Crippen LogP contribution in [0.15, 0.2) is 69.3 Å². The van der Waals surface area contributed by atoms with Crippen LogP contribution in [0.3, 0.4) is 0 Å². The van der Waals surface area contributed by atoms with Gasteiger partial charge < -0.3 is 4.74 Å². The van der Waals surface area contributed by atoms with E-state index in [0.717, 1.165) is 21.4 Å². The average molecular weight is 418 g/mol. The van der Waals surface area contributed by atoms with Gasteiger partial charge in [0.05, 0.1) is 19.9 Å². The Bertz CT molecular complexity index is 1370. The topological polar surface area (TPSA) is 95.4 Å². The van der Waals surface area contributed by atoms with E-state index in [1.165, 1.54) is 11.6 Å². The Morgan fingerprint density at radius 1 is 1.03 bits per heavy atom. The Labute approximate surface area is 177 Å². The van der Waals surface area contributed by atoms with Gasteiger partial charge in [0.2, 0.25) is 5.95 Å². The molecule has 2 aromatic carbocycles. The number of fused-ring (bicyclic) bond motifs is 1. The molecule has 9 nitrogen and oxygen atoms in total. The molecule has 0 unspecified atom stereocenters. The third-order valence-electron chi connectivity index (χ3n) is 5.03. The van der Waals surface area contributed by atoms with Crippen molar-refractivity contribution in [2.75, 3.05) is 12.5 Å². The van der Waals surface area contributed by atoms with Crippen LogP contribution in [0, 0.1) is 0 Å². The number of ether oxygens (including phenoxy) is 1. The predicted molar refractivity (Wildman–Crippen MR) is 120 cm³/mol. The molecule has 158 valence electrons. The first kappa shape index (κ1) is 20.1. The second-order valence-electron chi connectivity index (χ2n) is 7.03. The number of nitrogens with zero attached hydrogens (tertiary/aromatic N) is 5. The van der Waals surface area contributed by atoms with Crippen LogP contribution in [-0.4, -0.2) is 32.0 Å². The minimum atomic E-state index is -0.435. The van der Waals surface area contributed by atoms with E-state index in [1.54, 1.807) is 24.9 Å². The predicted octanol–water partition coefficient (Wildman–Crippen LogP) is 1.94. The van der Waals surface area contributed by atoms with E-state index in [0.29, 0.717) is 23.7 Å². The van der Waals surface area contributed by atoms with Crippen molar-refractivity contribution in [1.82, 2.24) is 18.7 Å². The summed E-state index contributed by atoms with van der Waals surface area (Å²) in [6, 6.07) is 17.1. The smallest absolute Gasteiger partial charge is 0.332 e. The van der Waals surface area contributed by atoms with Crippen LogP contribution in [0.5, 0.6) is 5.75 Å². The maximum atomic E-state index is 12.9. The average Bonchev–Trinajstić information content (AvgIpc) is 3.15. The number of hydrogen-bond acceptors (Lipinski definition) is 6. The summed E-state index contributed by atoms with van der Waals surface area (Å²) >= 11 is 0. The van der Waals surface area contributed by atoms with Gasteiger partial charge in [-0.2, -0.15) is 10.1 Å². The molecule has 31 heavy (non-hydrogen) atoms. The highest BCUT2D eigenvalue weighted by Gasteiger charge is 2.19. The first-order chi connectivity index (χ1) is 15.0. The zero-order valence-corrected chi connectivity index (χ0v) is 17.4. The molecule has 0 radical (unpaired) electrons. The van der Waals surface area contributed by atoms with Crippen molar-refractivity contribution >= 4 is 23.3 Å². The molecular weight excluding hydrogens is 396 g/mol. The fourth-order valence-electron chi connectivity index (χ4n) is 3.31. The molecule has 0 amide bonds. The Morgan fingerprint density at radius 3 is 2.42 bits per heavy atom. The molecule has 2 aromatic heterocycles. The minimum absolute atomic E-state index is 0.297. The largest absolute Gasteiger partial charge is 0.497 e. The number of hydrazone groups is 1. The van der Waals surface area contributed by atoms with Crippen LogP contribution in [0.25, 0.3) is 11.2 Å². The molecule has 2 heterocycles. The number of imidazole rings is 1. The zero-order valence-electron chi connectivity index (χ0n) is 17.4. The maximum Gasteiger partial charge on any atom is 0.332 e. The highest BCUT2D eigenvalue weighted by molar-refractivity contribution is 5.80. The molecule has 0 aliphatic heterocycles. The lowest BCUT2D eigenvalue weighted by atomic mass is 10.2. The highest BCUT2D eigenvalue weighted by atomic mass is 16.5. The van der Waals surface area contributed by atoms with E-state index >= 15 is 0 Å². The fraction of sp³-hybridized carbons (Fsp3) is 0.182. The molecule has 0 bridgehead atoms. The minimum Gasteiger partial charge on any atom is -0.497 e. The normalized spacial score (nSPS) is 11.3. The van der Waals surface area contributed by atoms with E-state index in [9.17, 15) is 9.59 Å². The molecule has 0 saturated carbocycles. The number of anilines is 1. The van der Waals surface area contributed by atoms with Crippen LogP contribution in [0.1, 0.15) is 11.1 Å². The van der Waals surface area contributed by atoms with Gasteiger partial charge in [0, 0.05) is 14.1 Å². The quantitative estimate of drug-likeness (QED) is 0.381. The standard InChI is InChI=1S/C22H22N6O3/c1-26-19-18(20(29)27(2)22(26)30)28(14-16-7-5-4-6-8-16)21(24-19)25-23-13-15-9-11-17(31-3)12-10-15/h4-13H,14H2,1-3H3,(H,24,25). The molecule has 0 aliphatic carbocycles. The van der Waals surface area contributed by atoms with E-state index in [4.69, 9.17) is 4.74 Å². The fourth-order valence-corrected chi connectivity index (χ4v) is 3.31. The third kappa shape index (κ3) is 3.85. The van der Waals surface area contributed by atoms with Crippen LogP contribution >= 0.6 is 0 Å². The number of methoxy groups -OCH3 is 1. The molecule has 0 aliphatic rings.